The zero-order valence-electron chi connectivity index (χ0n) is 14.6. The highest BCUT2D eigenvalue weighted by atomic mass is 32.1. The summed E-state index contributed by atoms with van der Waals surface area (Å²) in [5, 5.41) is 16.5. The SMILES string of the molecule is N#CC1=C(N)Oc2c(c(-c3ccco3)nn2-c2ccccc2)C1c1cccs1. The Bertz CT molecular complexity index is 1200. The van der Waals surface area contributed by atoms with Crippen molar-refractivity contribution < 1.29 is 9.15 Å². The number of thiophene rings is 1. The van der Waals surface area contributed by atoms with E-state index in [1.165, 1.54) is 0 Å². The van der Waals surface area contributed by atoms with Crippen LogP contribution in [-0.2, 0) is 0 Å². The molecule has 0 fully saturated rings. The fraction of sp³-hybridized carbons (Fsp3) is 0.0476. The average Bonchev–Trinajstić information content (AvgIpc) is 3.48. The van der Waals surface area contributed by atoms with Gasteiger partial charge >= 0.3 is 0 Å². The number of nitrogens with zero attached hydrogens (tertiary/aromatic N) is 3. The van der Waals surface area contributed by atoms with Gasteiger partial charge in [0.25, 0.3) is 0 Å². The van der Waals surface area contributed by atoms with Gasteiger partial charge in [-0.3, -0.25) is 0 Å². The van der Waals surface area contributed by atoms with Gasteiger partial charge in [0.1, 0.15) is 17.3 Å². The van der Waals surface area contributed by atoms with Crippen molar-refractivity contribution in [1.82, 2.24) is 9.78 Å². The van der Waals surface area contributed by atoms with Gasteiger partial charge in [-0.1, -0.05) is 24.3 Å². The van der Waals surface area contributed by atoms with Crippen molar-refractivity contribution in [3.05, 3.63) is 88.1 Å². The first-order chi connectivity index (χ1) is 13.8. The van der Waals surface area contributed by atoms with Crippen molar-refractivity contribution in [2.75, 3.05) is 0 Å². The lowest BCUT2D eigenvalue weighted by Gasteiger charge is -2.23. The number of hydrogen-bond acceptors (Lipinski definition) is 6. The predicted octanol–water partition coefficient (Wildman–Crippen LogP) is 4.41. The van der Waals surface area contributed by atoms with Crippen LogP contribution in [0.25, 0.3) is 17.1 Å². The lowest BCUT2D eigenvalue weighted by atomic mass is 9.88. The molecular formula is C21H14N4O2S. The number of aromatic nitrogens is 2. The summed E-state index contributed by atoms with van der Waals surface area (Å²) in [7, 11) is 0. The highest BCUT2D eigenvalue weighted by molar-refractivity contribution is 7.10. The van der Waals surface area contributed by atoms with Gasteiger partial charge < -0.3 is 14.9 Å². The Morgan fingerprint density at radius 3 is 2.64 bits per heavy atom. The first-order valence-electron chi connectivity index (χ1n) is 8.61. The molecule has 1 atom stereocenters. The second-order valence-corrected chi connectivity index (χ2v) is 7.21. The molecule has 0 radical (unpaired) electrons. The van der Waals surface area contributed by atoms with Gasteiger partial charge in [0.15, 0.2) is 5.76 Å². The van der Waals surface area contributed by atoms with E-state index in [-0.39, 0.29) is 11.8 Å². The smallest absolute Gasteiger partial charge is 0.229 e. The summed E-state index contributed by atoms with van der Waals surface area (Å²) >= 11 is 1.56. The molecule has 1 unspecified atom stereocenters. The highest BCUT2D eigenvalue weighted by Crippen LogP contribution is 2.48. The molecule has 1 aliphatic rings. The third-order valence-corrected chi connectivity index (χ3v) is 5.57. The molecule has 1 aromatic carbocycles. The van der Waals surface area contributed by atoms with Gasteiger partial charge in [-0.2, -0.15) is 15.0 Å². The molecule has 3 aromatic heterocycles. The predicted molar refractivity (Wildman–Crippen MR) is 105 cm³/mol. The zero-order valence-corrected chi connectivity index (χ0v) is 15.4. The van der Waals surface area contributed by atoms with Gasteiger partial charge in [-0.25, -0.2) is 0 Å². The van der Waals surface area contributed by atoms with E-state index in [2.05, 4.69) is 6.07 Å². The highest BCUT2D eigenvalue weighted by Gasteiger charge is 2.38. The summed E-state index contributed by atoms with van der Waals surface area (Å²) in [5.74, 6) is 0.823. The quantitative estimate of drug-likeness (QED) is 0.563. The van der Waals surface area contributed by atoms with Gasteiger partial charge in [0.05, 0.1) is 23.4 Å². The second-order valence-electron chi connectivity index (χ2n) is 6.23. The molecule has 0 saturated heterocycles. The van der Waals surface area contributed by atoms with Crippen LogP contribution in [0.15, 0.2) is 82.1 Å². The summed E-state index contributed by atoms with van der Waals surface area (Å²) in [6.45, 7) is 0. The third kappa shape index (κ3) is 2.43. The summed E-state index contributed by atoms with van der Waals surface area (Å²) in [6.07, 6.45) is 1.60. The molecule has 4 heterocycles. The molecule has 5 rings (SSSR count). The zero-order chi connectivity index (χ0) is 19.1. The van der Waals surface area contributed by atoms with E-state index in [1.54, 1.807) is 22.3 Å². The Morgan fingerprint density at radius 2 is 1.96 bits per heavy atom. The maximum absolute atomic E-state index is 9.79. The molecule has 6 nitrogen and oxygen atoms in total. The molecule has 1 aliphatic heterocycles. The van der Waals surface area contributed by atoms with E-state index >= 15 is 0 Å². The summed E-state index contributed by atoms with van der Waals surface area (Å²) < 4.78 is 13.3. The maximum Gasteiger partial charge on any atom is 0.229 e. The minimum absolute atomic E-state index is 0.0940. The summed E-state index contributed by atoms with van der Waals surface area (Å²) in [4.78, 5) is 0.990. The Morgan fingerprint density at radius 1 is 1.11 bits per heavy atom. The Balaban J connectivity index is 1.83. The van der Waals surface area contributed by atoms with E-state index in [4.69, 9.17) is 20.0 Å². The summed E-state index contributed by atoms with van der Waals surface area (Å²) in [6, 6.07) is 19.5. The van der Waals surface area contributed by atoms with E-state index in [9.17, 15) is 5.26 Å². The van der Waals surface area contributed by atoms with E-state index in [0.29, 0.717) is 22.9 Å². The standard InChI is InChI=1S/C21H14N4O2S/c22-12-14-17(16-9-5-11-28-16)18-19(15-8-4-10-26-15)24-25(21(18)27-20(14)23)13-6-2-1-3-7-13/h1-11,17H,23H2. The lowest BCUT2D eigenvalue weighted by Crippen LogP contribution is -2.21. The van der Waals surface area contributed by atoms with Gasteiger partial charge in [-0.15, -0.1) is 11.3 Å². The number of nitrogens with two attached hydrogens (primary N) is 1. The fourth-order valence-electron chi connectivity index (χ4n) is 3.42. The molecule has 0 aliphatic carbocycles. The number of nitriles is 1. The molecular weight excluding hydrogens is 372 g/mol. The largest absolute Gasteiger partial charge is 0.463 e. The number of hydrogen-bond donors (Lipinski definition) is 1. The first-order valence-corrected chi connectivity index (χ1v) is 9.49. The molecule has 0 amide bonds. The van der Waals surface area contributed by atoms with Crippen LogP contribution < -0.4 is 10.5 Å². The number of allylic oxidation sites excluding steroid dienone is 1. The Kier molecular flexibility index (Phi) is 3.78. The Hall–Kier alpha value is -3.76. The topological polar surface area (TPSA) is 90.0 Å². The van der Waals surface area contributed by atoms with E-state index < -0.39 is 0 Å². The van der Waals surface area contributed by atoms with Crippen molar-refractivity contribution in [3.8, 4) is 29.1 Å². The average molecular weight is 386 g/mol. The number of para-hydroxylation sites is 1. The van der Waals surface area contributed by atoms with Crippen LogP contribution >= 0.6 is 11.3 Å². The first kappa shape index (κ1) is 16.4. The van der Waals surface area contributed by atoms with Crippen LogP contribution in [0.2, 0.25) is 0 Å². The van der Waals surface area contributed by atoms with Crippen molar-refractivity contribution in [2.24, 2.45) is 5.73 Å². The maximum atomic E-state index is 9.79. The van der Waals surface area contributed by atoms with Crippen molar-refractivity contribution in [1.29, 1.82) is 5.26 Å². The Labute approximate surface area is 164 Å². The van der Waals surface area contributed by atoms with Gasteiger partial charge in [0, 0.05) is 4.88 Å². The minimum Gasteiger partial charge on any atom is -0.463 e. The third-order valence-electron chi connectivity index (χ3n) is 4.63. The number of benzene rings is 1. The number of ether oxygens (including phenoxy) is 1. The van der Waals surface area contributed by atoms with Crippen LogP contribution in [0.5, 0.6) is 5.88 Å². The van der Waals surface area contributed by atoms with Crippen LogP contribution in [0.4, 0.5) is 0 Å². The molecule has 0 bridgehead atoms. The van der Waals surface area contributed by atoms with Crippen LogP contribution in [0.1, 0.15) is 16.4 Å². The van der Waals surface area contributed by atoms with Crippen molar-refractivity contribution >= 4 is 11.3 Å². The lowest BCUT2D eigenvalue weighted by molar-refractivity contribution is 0.367. The number of rotatable bonds is 3. The molecule has 2 N–H and O–H groups in total. The van der Waals surface area contributed by atoms with Crippen molar-refractivity contribution in [2.45, 2.75) is 5.92 Å². The van der Waals surface area contributed by atoms with Crippen molar-refractivity contribution in [3.63, 3.8) is 0 Å². The number of fused-ring (bicyclic) bond motifs is 1. The van der Waals surface area contributed by atoms with Crippen LogP contribution in [-0.4, -0.2) is 9.78 Å². The van der Waals surface area contributed by atoms with Gasteiger partial charge in [0.2, 0.25) is 11.8 Å². The van der Waals surface area contributed by atoms with Gasteiger partial charge in [-0.05, 0) is 35.7 Å². The molecule has 0 saturated carbocycles. The normalized spacial score (nSPS) is 15.8. The second kappa shape index (κ2) is 6.44. The summed E-state index contributed by atoms with van der Waals surface area (Å²) in [5.41, 5.74) is 8.75. The molecule has 28 heavy (non-hydrogen) atoms. The molecule has 136 valence electrons. The minimum atomic E-state index is -0.369. The monoisotopic (exact) mass is 386 g/mol. The molecule has 4 aromatic rings. The van der Waals surface area contributed by atoms with Crippen LogP contribution in [0, 0.1) is 11.3 Å². The fourth-order valence-corrected chi connectivity index (χ4v) is 4.26. The number of furan rings is 1. The van der Waals surface area contributed by atoms with E-state index in [1.807, 2.05) is 60.0 Å². The molecule has 7 heteroatoms. The van der Waals surface area contributed by atoms with Crippen LogP contribution in [0.3, 0.4) is 0 Å². The molecule has 0 spiro atoms. The van der Waals surface area contributed by atoms with E-state index in [0.717, 1.165) is 16.1 Å².